The van der Waals surface area contributed by atoms with Crippen molar-refractivity contribution in [2.24, 2.45) is 0 Å². The summed E-state index contributed by atoms with van der Waals surface area (Å²) >= 11 is 0. The van der Waals surface area contributed by atoms with Crippen molar-refractivity contribution in [1.29, 1.82) is 0 Å². The lowest BCUT2D eigenvalue weighted by Crippen LogP contribution is -2.01. The second-order valence-electron chi connectivity index (χ2n) is 5.39. The molecule has 0 saturated heterocycles. The summed E-state index contributed by atoms with van der Waals surface area (Å²) in [5.41, 5.74) is -0.0671. The van der Waals surface area contributed by atoms with Gasteiger partial charge in [-0.05, 0) is 35.4 Å². The van der Waals surface area contributed by atoms with Crippen LogP contribution in [-0.4, -0.2) is 13.1 Å². The zero-order valence-corrected chi connectivity index (χ0v) is 13.0. The molecule has 2 nitrogen and oxygen atoms in total. The van der Waals surface area contributed by atoms with Crippen LogP contribution < -0.4 is 0 Å². The van der Waals surface area contributed by atoms with Crippen molar-refractivity contribution in [3.05, 3.63) is 71.0 Å². The van der Waals surface area contributed by atoms with Crippen molar-refractivity contribution in [2.45, 2.75) is 6.92 Å². The molecule has 0 unspecified atom stereocenters. The first kappa shape index (κ1) is 16.1. The minimum Gasteiger partial charge on any atom is -0.465 e. The topological polar surface area (TPSA) is 26.3 Å². The normalized spacial score (nSPS) is 10.9. The maximum atomic E-state index is 14.5. The van der Waals surface area contributed by atoms with Crippen LogP contribution >= 0.6 is 0 Å². The van der Waals surface area contributed by atoms with Gasteiger partial charge in [0.25, 0.3) is 0 Å². The van der Waals surface area contributed by atoms with Crippen molar-refractivity contribution in [1.82, 2.24) is 0 Å². The van der Waals surface area contributed by atoms with Gasteiger partial charge in [0.05, 0.1) is 18.2 Å². The Bertz CT molecular complexity index is 964. The van der Waals surface area contributed by atoms with Crippen molar-refractivity contribution >= 4 is 16.7 Å². The molecule has 0 aliphatic heterocycles. The molecular weight excluding hydrogens is 317 g/mol. The van der Waals surface area contributed by atoms with Crippen LogP contribution in [0, 0.1) is 24.4 Å². The summed E-state index contributed by atoms with van der Waals surface area (Å²) in [5, 5.41) is 1.17. The van der Waals surface area contributed by atoms with E-state index in [4.69, 9.17) is 0 Å². The first-order valence-electron chi connectivity index (χ1n) is 7.19. The second kappa shape index (κ2) is 6.00. The molecule has 0 aliphatic rings. The Labute approximate surface area is 136 Å². The van der Waals surface area contributed by atoms with Gasteiger partial charge in [-0.25, -0.2) is 18.0 Å². The Balaban J connectivity index is 2.35. The van der Waals surface area contributed by atoms with Gasteiger partial charge in [-0.15, -0.1) is 0 Å². The lowest BCUT2D eigenvalue weighted by Gasteiger charge is -2.12. The van der Waals surface area contributed by atoms with Crippen molar-refractivity contribution < 1.29 is 22.7 Å². The van der Waals surface area contributed by atoms with Crippen LogP contribution in [0.5, 0.6) is 0 Å². The molecule has 0 N–H and O–H groups in total. The lowest BCUT2D eigenvalue weighted by atomic mass is 9.94. The van der Waals surface area contributed by atoms with E-state index < -0.39 is 23.4 Å². The van der Waals surface area contributed by atoms with Crippen LogP contribution in [0.1, 0.15) is 15.9 Å². The Morgan fingerprint density at radius 2 is 1.75 bits per heavy atom. The molecule has 0 amide bonds. The quantitative estimate of drug-likeness (QED) is 0.617. The molecule has 0 bridgehead atoms. The Kier molecular flexibility index (Phi) is 4.01. The summed E-state index contributed by atoms with van der Waals surface area (Å²) in [4.78, 5) is 11.7. The molecule has 0 atom stereocenters. The van der Waals surface area contributed by atoms with Gasteiger partial charge < -0.3 is 4.74 Å². The average molecular weight is 330 g/mol. The number of carbonyl (C=O) groups excluding carboxylic acids is 1. The van der Waals surface area contributed by atoms with Crippen LogP contribution in [-0.2, 0) is 4.74 Å². The predicted octanol–water partition coefficient (Wildman–Crippen LogP) is 5.02. The molecule has 0 aromatic heterocycles. The SMILES string of the molecule is COC(=O)c1ccc2cccc(-c3c(F)cc(F)c(C)c3F)c2c1. The Morgan fingerprint density at radius 1 is 1.00 bits per heavy atom. The fourth-order valence-electron chi connectivity index (χ4n) is 2.67. The third-order valence-electron chi connectivity index (χ3n) is 3.97. The van der Waals surface area contributed by atoms with Crippen LogP contribution in [0.15, 0.2) is 42.5 Å². The number of methoxy groups -OCH3 is 1. The van der Waals surface area contributed by atoms with Crippen molar-refractivity contribution in [2.75, 3.05) is 7.11 Å². The zero-order valence-electron chi connectivity index (χ0n) is 13.0. The second-order valence-corrected chi connectivity index (χ2v) is 5.39. The van der Waals surface area contributed by atoms with Gasteiger partial charge in [0.2, 0.25) is 0 Å². The largest absolute Gasteiger partial charge is 0.465 e. The summed E-state index contributed by atoms with van der Waals surface area (Å²) < 4.78 is 47.0. The average Bonchev–Trinajstić information content (AvgIpc) is 2.59. The number of fused-ring (bicyclic) bond motifs is 1. The van der Waals surface area contributed by atoms with Gasteiger partial charge in [-0.3, -0.25) is 0 Å². The van der Waals surface area contributed by atoms with Gasteiger partial charge in [0.1, 0.15) is 17.5 Å². The van der Waals surface area contributed by atoms with E-state index in [0.717, 1.165) is 0 Å². The number of hydrogen-bond acceptors (Lipinski definition) is 2. The maximum Gasteiger partial charge on any atom is 0.337 e. The van der Waals surface area contributed by atoms with Gasteiger partial charge in [0.15, 0.2) is 0 Å². The number of hydrogen-bond donors (Lipinski definition) is 0. The highest BCUT2D eigenvalue weighted by atomic mass is 19.1. The molecular formula is C19H13F3O2. The minimum absolute atomic E-state index is 0.247. The number of esters is 1. The molecule has 0 spiro atoms. The fraction of sp³-hybridized carbons (Fsp3) is 0.105. The highest BCUT2D eigenvalue weighted by Gasteiger charge is 2.19. The standard InChI is InChI=1S/C19H13F3O2/c1-10-15(20)9-16(21)17(18(10)22)13-5-3-4-11-6-7-12(8-14(11)13)19(23)24-2/h3-9H,1-2H3. The third kappa shape index (κ3) is 2.52. The van der Waals surface area contributed by atoms with E-state index in [1.807, 2.05) is 0 Å². The first-order chi connectivity index (χ1) is 11.4. The minimum atomic E-state index is -0.994. The molecule has 3 rings (SSSR count). The zero-order chi connectivity index (χ0) is 17.4. The van der Waals surface area contributed by atoms with Gasteiger partial charge in [-0.1, -0.05) is 24.3 Å². The van der Waals surface area contributed by atoms with Gasteiger partial charge in [-0.2, -0.15) is 0 Å². The van der Waals surface area contributed by atoms with Gasteiger partial charge in [0, 0.05) is 11.6 Å². The van der Waals surface area contributed by atoms with E-state index in [1.165, 1.54) is 26.2 Å². The smallest absolute Gasteiger partial charge is 0.337 e. The Hall–Kier alpha value is -2.82. The number of carbonyl (C=O) groups is 1. The molecule has 24 heavy (non-hydrogen) atoms. The highest BCUT2D eigenvalue weighted by molar-refractivity contribution is 6.01. The van der Waals surface area contributed by atoms with Crippen LogP contribution in [0.3, 0.4) is 0 Å². The predicted molar refractivity (Wildman–Crippen MR) is 85.3 cm³/mol. The molecule has 3 aromatic carbocycles. The molecule has 122 valence electrons. The molecule has 0 fully saturated rings. The molecule has 0 aliphatic carbocycles. The van der Waals surface area contributed by atoms with Gasteiger partial charge >= 0.3 is 5.97 Å². The van der Waals surface area contributed by atoms with Crippen molar-refractivity contribution in [3.63, 3.8) is 0 Å². The Morgan fingerprint density at radius 3 is 2.46 bits per heavy atom. The monoisotopic (exact) mass is 330 g/mol. The van der Waals surface area contributed by atoms with Crippen molar-refractivity contribution in [3.8, 4) is 11.1 Å². The van der Waals surface area contributed by atoms with E-state index in [1.54, 1.807) is 24.3 Å². The summed E-state index contributed by atoms with van der Waals surface area (Å²) in [7, 11) is 1.25. The van der Waals surface area contributed by atoms with Crippen LogP contribution in [0.4, 0.5) is 13.2 Å². The molecule has 3 aromatic rings. The van der Waals surface area contributed by atoms with Crippen LogP contribution in [0.2, 0.25) is 0 Å². The highest BCUT2D eigenvalue weighted by Crippen LogP contribution is 2.35. The van der Waals surface area contributed by atoms with E-state index in [2.05, 4.69) is 4.74 Å². The van der Waals surface area contributed by atoms with E-state index in [0.29, 0.717) is 16.8 Å². The fourth-order valence-corrected chi connectivity index (χ4v) is 2.67. The summed E-state index contributed by atoms with van der Waals surface area (Å²) in [5.74, 6) is -3.44. The third-order valence-corrected chi connectivity index (χ3v) is 3.97. The molecule has 0 heterocycles. The molecule has 0 radical (unpaired) electrons. The molecule has 0 saturated carbocycles. The number of halogens is 3. The van der Waals surface area contributed by atoms with E-state index >= 15 is 0 Å². The summed E-state index contributed by atoms with van der Waals surface area (Å²) in [6, 6.07) is 10.3. The van der Waals surface area contributed by atoms with E-state index in [-0.39, 0.29) is 22.3 Å². The number of rotatable bonds is 2. The van der Waals surface area contributed by atoms with Crippen LogP contribution in [0.25, 0.3) is 21.9 Å². The summed E-state index contributed by atoms with van der Waals surface area (Å²) in [6.07, 6.45) is 0. The summed E-state index contributed by atoms with van der Waals surface area (Å²) in [6.45, 7) is 1.25. The lowest BCUT2D eigenvalue weighted by molar-refractivity contribution is 0.0601. The maximum absolute atomic E-state index is 14.5. The molecule has 5 heteroatoms. The first-order valence-corrected chi connectivity index (χ1v) is 7.19. The number of ether oxygens (including phenoxy) is 1. The number of benzene rings is 3. The van der Waals surface area contributed by atoms with E-state index in [9.17, 15) is 18.0 Å².